The smallest absolute Gasteiger partial charge is 0.119 e. The number of fused-ring (bicyclic) bond motifs is 1. The van der Waals surface area contributed by atoms with E-state index < -0.39 is 0 Å². The van der Waals surface area contributed by atoms with Crippen LogP contribution < -0.4 is 4.74 Å². The third kappa shape index (κ3) is 4.54. The molecular formula is C27H21NO. The van der Waals surface area contributed by atoms with Gasteiger partial charge in [-0.2, -0.15) is 5.26 Å². The molecule has 0 saturated carbocycles. The number of ether oxygens (including phenoxy) is 1. The van der Waals surface area contributed by atoms with E-state index in [2.05, 4.69) is 61.5 Å². The molecule has 0 unspecified atom stereocenters. The molecule has 0 spiro atoms. The third-order valence-corrected chi connectivity index (χ3v) is 4.90. The van der Waals surface area contributed by atoms with Gasteiger partial charge in [0.1, 0.15) is 12.4 Å². The maximum absolute atomic E-state index is 9.65. The zero-order chi connectivity index (χ0) is 20.1. The summed E-state index contributed by atoms with van der Waals surface area (Å²) in [5.41, 5.74) is 4.92. The summed E-state index contributed by atoms with van der Waals surface area (Å²) in [5.74, 6) is 0.812. The zero-order valence-corrected chi connectivity index (χ0v) is 16.3. The predicted molar refractivity (Wildman–Crippen MR) is 119 cm³/mol. The Labute approximate surface area is 171 Å². The van der Waals surface area contributed by atoms with Crippen LogP contribution in [0.25, 0.3) is 22.4 Å². The summed E-state index contributed by atoms with van der Waals surface area (Å²) in [6.45, 7) is 2.61. The minimum absolute atomic E-state index is 0.538. The fraction of sp³-hybridized carbons (Fsp3) is 0.0741. The molecular weight excluding hydrogens is 354 g/mol. The van der Waals surface area contributed by atoms with Crippen LogP contribution in [0.15, 0.2) is 91.0 Å². The Morgan fingerprint density at radius 3 is 2.31 bits per heavy atom. The van der Waals surface area contributed by atoms with Gasteiger partial charge in [0.05, 0.1) is 11.6 Å². The number of benzene rings is 4. The van der Waals surface area contributed by atoms with E-state index in [1.807, 2.05) is 48.5 Å². The first kappa shape index (κ1) is 18.5. The van der Waals surface area contributed by atoms with Crippen molar-refractivity contribution >= 4 is 22.4 Å². The van der Waals surface area contributed by atoms with Gasteiger partial charge in [-0.3, -0.25) is 0 Å². The molecule has 0 N–H and O–H groups in total. The molecule has 0 saturated heterocycles. The van der Waals surface area contributed by atoms with Crippen LogP contribution in [0.4, 0.5) is 0 Å². The predicted octanol–water partition coefficient (Wildman–Crippen LogP) is 6.79. The van der Waals surface area contributed by atoms with Crippen LogP contribution in [0, 0.1) is 18.3 Å². The van der Waals surface area contributed by atoms with Crippen LogP contribution in [0.2, 0.25) is 0 Å². The third-order valence-electron chi connectivity index (χ3n) is 4.90. The lowest BCUT2D eigenvalue weighted by Gasteiger charge is -2.07. The van der Waals surface area contributed by atoms with E-state index in [4.69, 9.17) is 4.74 Å². The van der Waals surface area contributed by atoms with E-state index in [-0.39, 0.29) is 0 Å². The van der Waals surface area contributed by atoms with E-state index >= 15 is 0 Å². The van der Waals surface area contributed by atoms with Crippen molar-refractivity contribution < 1.29 is 4.74 Å². The van der Waals surface area contributed by atoms with Gasteiger partial charge in [-0.1, -0.05) is 78.4 Å². The molecule has 4 rings (SSSR count). The molecule has 4 aromatic rings. The lowest BCUT2D eigenvalue weighted by molar-refractivity contribution is 0.306. The van der Waals surface area contributed by atoms with E-state index in [0.717, 1.165) is 27.8 Å². The molecule has 0 radical (unpaired) electrons. The summed E-state index contributed by atoms with van der Waals surface area (Å²) >= 11 is 0. The molecule has 0 heterocycles. The van der Waals surface area contributed by atoms with Gasteiger partial charge < -0.3 is 4.74 Å². The lowest BCUT2D eigenvalue weighted by Crippen LogP contribution is -1.95. The summed E-state index contributed by atoms with van der Waals surface area (Å²) in [4.78, 5) is 0. The van der Waals surface area contributed by atoms with Crippen molar-refractivity contribution in [1.29, 1.82) is 5.26 Å². The second kappa shape index (κ2) is 8.46. The molecule has 0 aromatic heterocycles. The summed E-state index contributed by atoms with van der Waals surface area (Å²) in [6, 6.07) is 32.8. The molecule has 2 heteroatoms. The van der Waals surface area contributed by atoms with Crippen LogP contribution in [0.1, 0.15) is 22.3 Å². The average molecular weight is 375 g/mol. The van der Waals surface area contributed by atoms with Crippen LogP contribution in [0.3, 0.4) is 0 Å². The zero-order valence-electron chi connectivity index (χ0n) is 16.3. The van der Waals surface area contributed by atoms with Gasteiger partial charge in [0.15, 0.2) is 0 Å². The highest BCUT2D eigenvalue weighted by atomic mass is 16.5. The number of nitriles is 1. The van der Waals surface area contributed by atoms with Gasteiger partial charge in [0.2, 0.25) is 0 Å². The summed E-state index contributed by atoms with van der Waals surface area (Å²) in [6.07, 6.45) is 1.91. The van der Waals surface area contributed by atoms with Gasteiger partial charge in [-0.25, -0.2) is 0 Å². The van der Waals surface area contributed by atoms with Gasteiger partial charge in [0, 0.05) is 0 Å². The molecule has 29 heavy (non-hydrogen) atoms. The SMILES string of the molecule is Cc1ccc(COc2ccc(/C=C(/C#N)c3ccc4ccccc4c3)cc2)cc1. The summed E-state index contributed by atoms with van der Waals surface area (Å²) in [5, 5.41) is 12.0. The van der Waals surface area contributed by atoms with Crippen molar-refractivity contribution in [2.24, 2.45) is 0 Å². The lowest BCUT2D eigenvalue weighted by atomic mass is 10.0. The fourth-order valence-electron chi connectivity index (χ4n) is 3.21. The fourth-order valence-corrected chi connectivity index (χ4v) is 3.21. The van der Waals surface area contributed by atoms with E-state index in [9.17, 15) is 5.26 Å². The molecule has 0 atom stereocenters. The quantitative estimate of drug-likeness (QED) is 0.284. The van der Waals surface area contributed by atoms with Crippen LogP contribution in [-0.2, 0) is 6.61 Å². The largest absolute Gasteiger partial charge is 0.489 e. The standard InChI is InChI=1S/C27H21NO/c1-20-6-8-22(9-7-20)19-29-27-14-10-21(11-15-27)16-26(18-28)25-13-12-23-4-2-3-5-24(23)17-25/h2-17H,19H2,1H3/b26-16-. The summed E-state index contributed by atoms with van der Waals surface area (Å²) < 4.78 is 5.87. The molecule has 0 bridgehead atoms. The normalized spacial score (nSPS) is 11.2. The Morgan fingerprint density at radius 1 is 0.862 bits per heavy atom. The first-order chi connectivity index (χ1) is 14.2. The molecule has 0 aliphatic heterocycles. The molecule has 0 fully saturated rings. The van der Waals surface area contributed by atoms with Crippen molar-refractivity contribution in [2.75, 3.05) is 0 Å². The van der Waals surface area contributed by atoms with Crippen LogP contribution >= 0.6 is 0 Å². The maximum Gasteiger partial charge on any atom is 0.119 e. The summed E-state index contributed by atoms with van der Waals surface area (Å²) in [7, 11) is 0. The number of rotatable bonds is 5. The monoisotopic (exact) mass is 375 g/mol. The van der Waals surface area contributed by atoms with E-state index in [1.54, 1.807) is 0 Å². The Kier molecular flexibility index (Phi) is 5.40. The topological polar surface area (TPSA) is 33.0 Å². The first-order valence-electron chi connectivity index (χ1n) is 9.61. The van der Waals surface area contributed by atoms with Crippen molar-refractivity contribution in [1.82, 2.24) is 0 Å². The van der Waals surface area contributed by atoms with Crippen molar-refractivity contribution in [2.45, 2.75) is 13.5 Å². The molecule has 4 aromatic carbocycles. The molecule has 2 nitrogen and oxygen atoms in total. The number of nitrogens with zero attached hydrogens (tertiary/aromatic N) is 1. The number of allylic oxidation sites excluding steroid dienone is 1. The van der Waals surface area contributed by atoms with Crippen molar-refractivity contribution in [3.8, 4) is 11.8 Å². The minimum Gasteiger partial charge on any atom is -0.489 e. The Balaban J connectivity index is 1.50. The van der Waals surface area contributed by atoms with E-state index in [0.29, 0.717) is 12.2 Å². The second-order valence-electron chi connectivity index (χ2n) is 7.08. The highest BCUT2D eigenvalue weighted by molar-refractivity contribution is 5.94. The van der Waals surface area contributed by atoms with Crippen molar-refractivity contribution in [3.05, 3.63) is 113 Å². The first-order valence-corrected chi connectivity index (χ1v) is 9.61. The van der Waals surface area contributed by atoms with Crippen LogP contribution in [0.5, 0.6) is 5.75 Å². The molecule has 0 aliphatic carbocycles. The number of hydrogen-bond acceptors (Lipinski definition) is 2. The molecule has 0 aliphatic rings. The van der Waals surface area contributed by atoms with Crippen molar-refractivity contribution in [3.63, 3.8) is 0 Å². The number of hydrogen-bond donors (Lipinski definition) is 0. The van der Waals surface area contributed by atoms with Crippen LogP contribution in [-0.4, -0.2) is 0 Å². The van der Waals surface area contributed by atoms with Gasteiger partial charge >= 0.3 is 0 Å². The molecule has 140 valence electrons. The van der Waals surface area contributed by atoms with E-state index in [1.165, 1.54) is 10.9 Å². The van der Waals surface area contributed by atoms with Gasteiger partial charge in [-0.05, 0) is 58.7 Å². The highest BCUT2D eigenvalue weighted by Crippen LogP contribution is 2.24. The number of aryl methyl sites for hydroxylation is 1. The Hall–Kier alpha value is -3.83. The minimum atomic E-state index is 0.538. The molecule has 0 amide bonds. The maximum atomic E-state index is 9.65. The average Bonchev–Trinajstić information content (AvgIpc) is 2.77. The highest BCUT2D eigenvalue weighted by Gasteiger charge is 2.03. The Morgan fingerprint density at radius 2 is 1.59 bits per heavy atom. The van der Waals surface area contributed by atoms with Gasteiger partial charge in [-0.15, -0.1) is 0 Å². The second-order valence-corrected chi connectivity index (χ2v) is 7.08. The Bertz CT molecular complexity index is 1200. The van der Waals surface area contributed by atoms with Gasteiger partial charge in [0.25, 0.3) is 0 Å².